The maximum Gasteiger partial charge on any atom is 0.506 e. The molecule has 0 saturated heterocycles. The van der Waals surface area contributed by atoms with Crippen molar-refractivity contribution in [1.82, 2.24) is 0 Å². The van der Waals surface area contributed by atoms with Crippen molar-refractivity contribution in [2.45, 2.75) is 0 Å². The number of ether oxygens (including phenoxy) is 1. The molecule has 0 aromatic rings. The third kappa shape index (κ3) is 3.79. The molecule has 5 nitrogen and oxygen atoms in total. The Labute approximate surface area is 71.0 Å². The molecule has 0 heterocycles. The predicted molar refractivity (Wildman–Crippen MR) is 47.1 cm³/mol. The van der Waals surface area contributed by atoms with Gasteiger partial charge in [0.2, 0.25) is 5.90 Å². The zero-order valence-corrected chi connectivity index (χ0v) is 6.77. The maximum atomic E-state index is 8.51. The van der Waals surface area contributed by atoms with Crippen LogP contribution < -0.4 is 5.73 Å². The normalized spacial score (nSPS) is 12.6. The van der Waals surface area contributed by atoms with Crippen LogP contribution >= 0.6 is 0 Å². The summed E-state index contributed by atoms with van der Waals surface area (Å²) in [5, 5.41) is 17.0. The molecule has 6 heteroatoms. The molecule has 0 unspecified atom stereocenters. The lowest BCUT2D eigenvalue weighted by Crippen LogP contribution is -2.21. The first-order chi connectivity index (χ1) is 5.61. The van der Waals surface area contributed by atoms with Gasteiger partial charge in [-0.1, -0.05) is 6.58 Å². The van der Waals surface area contributed by atoms with Gasteiger partial charge in [-0.15, -0.1) is 0 Å². The Balaban J connectivity index is 4.34. The second-order valence-electron chi connectivity index (χ2n) is 1.88. The van der Waals surface area contributed by atoms with Crippen molar-refractivity contribution in [1.29, 1.82) is 0 Å². The van der Waals surface area contributed by atoms with Gasteiger partial charge in [0, 0.05) is 6.20 Å². The molecule has 66 valence electrons. The van der Waals surface area contributed by atoms with Gasteiger partial charge in [0.15, 0.2) is 0 Å². The summed E-state index contributed by atoms with van der Waals surface area (Å²) in [5.41, 5.74) is 4.98. The molecule has 0 aliphatic carbocycles. The first-order valence-electron chi connectivity index (χ1n) is 3.17. The number of rotatable bonds is 3. The Bertz CT molecular complexity index is 213. The molecule has 0 saturated carbocycles. The minimum absolute atomic E-state index is 0.161. The number of nitrogens with two attached hydrogens (primary N) is 1. The van der Waals surface area contributed by atoms with Crippen LogP contribution in [0.2, 0.25) is 0 Å². The van der Waals surface area contributed by atoms with Crippen molar-refractivity contribution < 1.29 is 14.8 Å². The third-order valence-corrected chi connectivity index (χ3v) is 1.02. The highest BCUT2D eigenvalue weighted by atomic mass is 16.5. The lowest BCUT2D eigenvalue weighted by atomic mass is 9.87. The molecule has 0 spiro atoms. The van der Waals surface area contributed by atoms with Gasteiger partial charge in [-0.2, -0.15) is 0 Å². The molecule has 0 bridgehead atoms. The van der Waals surface area contributed by atoms with E-state index in [1.54, 1.807) is 0 Å². The van der Waals surface area contributed by atoms with Crippen LogP contribution in [0.3, 0.4) is 0 Å². The summed E-state index contributed by atoms with van der Waals surface area (Å²) in [6, 6.07) is 0. The number of nitrogens with zero attached hydrogens (tertiary/aromatic N) is 1. The summed E-state index contributed by atoms with van der Waals surface area (Å²) in [6.45, 7) is 3.40. The van der Waals surface area contributed by atoms with Crippen molar-refractivity contribution in [2.75, 3.05) is 7.11 Å². The van der Waals surface area contributed by atoms with E-state index in [1.165, 1.54) is 13.2 Å². The molecule has 0 rings (SSSR count). The number of methoxy groups -OCH3 is 1. The standard InChI is InChI=1S/C6H11BN2O3/c1-3-6(12-2)9-4-5(8)7(10)11/h3-4,10-11H,1,8H2,2H3/b5-4-,9-6+. The Morgan fingerprint density at radius 1 is 1.67 bits per heavy atom. The van der Waals surface area contributed by atoms with Crippen molar-refractivity contribution in [3.8, 4) is 0 Å². The molecule has 0 radical (unpaired) electrons. The largest absolute Gasteiger partial charge is 0.506 e. The van der Waals surface area contributed by atoms with E-state index >= 15 is 0 Å². The number of hydrogen-bond acceptors (Lipinski definition) is 5. The van der Waals surface area contributed by atoms with Crippen LogP contribution in [-0.4, -0.2) is 30.2 Å². The van der Waals surface area contributed by atoms with Gasteiger partial charge < -0.3 is 20.5 Å². The van der Waals surface area contributed by atoms with E-state index in [0.29, 0.717) is 0 Å². The molecule has 12 heavy (non-hydrogen) atoms. The van der Waals surface area contributed by atoms with Crippen LogP contribution in [0, 0.1) is 0 Å². The van der Waals surface area contributed by atoms with E-state index in [4.69, 9.17) is 20.5 Å². The molecule has 0 fully saturated rings. The average Bonchev–Trinajstić information content (AvgIpc) is 2.05. The van der Waals surface area contributed by atoms with E-state index in [2.05, 4.69) is 11.6 Å². The SMILES string of the molecule is C=C/C(=N\C=C(/N)B(O)O)OC. The fourth-order valence-electron chi connectivity index (χ4n) is 0.394. The minimum Gasteiger partial charge on any atom is -0.481 e. The van der Waals surface area contributed by atoms with E-state index < -0.39 is 7.12 Å². The fraction of sp³-hybridized carbons (Fsp3) is 0.167. The van der Waals surface area contributed by atoms with Crippen LogP contribution in [0.4, 0.5) is 0 Å². The molecular weight excluding hydrogens is 159 g/mol. The van der Waals surface area contributed by atoms with Gasteiger partial charge in [-0.05, 0) is 6.08 Å². The van der Waals surface area contributed by atoms with Gasteiger partial charge in [0.05, 0.1) is 12.7 Å². The van der Waals surface area contributed by atoms with Gasteiger partial charge in [0.25, 0.3) is 0 Å². The van der Waals surface area contributed by atoms with E-state index in [9.17, 15) is 0 Å². The van der Waals surface area contributed by atoms with Gasteiger partial charge in [0.1, 0.15) is 0 Å². The van der Waals surface area contributed by atoms with Crippen LogP contribution in [0.15, 0.2) is 29.4 Å². The van der Waals surface area contributed by atoms with Crippen molar-refractivity contribution >= 4 is 13.0 Å². The average molecular weight is 170 g/mol. The third-order valence-electron chi connectivity index (χ3n) is 1.02. The molecule has 0 amide bonds. The highest BCUT2D eigenvalue weighted by Crippen LogP contribution is 1.89. The quantitative estimate of drug-likeness (QED) is 0.289. The van der Waals surface area contributed by atoms with Crippen LogP contribution in [0.1, 0.15) is 0 Å². The number of aliphatic imine (C=N–C) groups is 1. The second kappa shape index (κ2) is 5.39. The monoisotopic (exact) mass is 170 g/mol. The smallest absolute Gasteiger partial charge is 0.481 e. The summed E-state index contributed by atoms with van der Waals surface area (Å²) in [4.78, 5) is 3.65. The van der Waals surface area contributed by atoms with Crippen molar-refractivity contribution in [2.24, 2.45) is 10.7 Å². The first kappa shape index (κ1) is 10.7. The highest BCUT2D eigenvalue weighted by Gasteiger charge is 2.09. The Kier molecular flexibility index (Phi) is 4.83. The van der Waals surface area contributed by atoms with E-state index in [-0.39, 0.29) is 11.5 Å². The summed E-state index contributed by atoms with van der Waals surface area (Å²) in [5.74, 6) is 0.249. The van der Waals surface area contributed by atoms with Crippen LogP contribution in [0.5, 0.6) is 0 Å². The highest BCUT2D eigenvalue weighted by molar-refractivity contribution is 6.50. The summed E-state index contributed by atoms with van der Waals surface area (Å²) < 4.78 is 4.70. The molecule has 4 N–H and O–H groups in total. The molecule has 0 aliphatic heterocycles. The van der Waals surface area contributed by atoms with Gasteiger partial charge in [-0.25, -0.2) is 4.99 Å². The van der Waals surface area contributed by atoms with Gasteiger partial charge >= 0.3 is 7.12 Å². The fourth-order valence-corrected chi connectivity index (χ4v) is 0.394. The summed E-state index contributed by atoms with van der Waals surface area (Å²) >= 11 is 0. The minimum atomic E-state index is -1.70. The van der Waals surface area contributed by atoms with Crippen molar-refractivity contribution in [3.05, 3.63) is 24.5 Å². The van der Waals surface area contributed by atoms with E-state index in [0.717, 1.165) is 6.20 Å². The van der Waals surface area contributed by atoms with Crippen molar-refractivity contribution in [3.63, 3.8) is 0 Å². The predicted octanol–water partition coefficient (Wildman–Crippen LogP) is -0.971. The molecular formula is C6H11BN2O3. The number of hydrogen-bond donors (Lipinski definition) is 3. The van der Waals surface area contributed by atoms with E-state index in [1.807, 2.05) is 0 Å². The first-order valence-corrected chi connectivity index (χ1v) is 3.17. The zero-order valence-electron chi connectivity index (χ0n) is 6.77. The van der Waals surface area contributed by atoms with Gasteiger partial charge in [-0.3, -0.25) is 0 Å². The Morgan fingerprint density at radius 3 is 2.58 bits per heavy atom. The lowest BCUT2D eigenvalue weighted by molar-refractivity contribution is 0.406. The second-order valence-corrected chi connectivity index (χ2v) is 1.88. The molecule has 0 atom stereocenters. The zero-order chi connectivity index (χ0) is 9.56. The van der Waals surface area contributed by atoms with Crippen LogP contribution in [0.25, 0.3) is 0 Å². The summed E-state index contributed by atoms with van der Waals surface area (Å²) in [7, 11) is -0.281. The molecule has 0 aliphatic rings. The Hall–Kier alpha value is -1.27. The lowest BCUT2D eigenvalue weighted by Gasteiger charge is -1.97. The molecule has 0 aromatic heterocycles. The summed E-state index contributed by atoms with van der Waals surface area (Å²) in [6.07, 6.45) is 2.46. The van der Waals surface area contributed by atoms with Crippen LogP contribution in [-0.2, 0) is 4.74 Å². The molecule has 0 aromatic carbocycles. The topological polar surface area (TPSA) is 88.1 Å². The maximum absolute atomic E-state index is 8.51. The Morgan fingerprint density at radius 2 is 2.25 bits per heavy atom.